The number of benzene rings is 1. The molecule has 0 spiro atoms. The maximum absolute atomic E-state index is 13.9. The number of Topliss-reactive ketones (excluding diaryl/α,β-unsaturated/α-hetero) is 1. The Morgan fingerprint density at radius 2 is 1.87 bits per heavy atom. The molecule has 4 rings (SSSR count). The quantitative estimate of drug-likeness (QED) is 0.415. The van der Waals surface area contributed by atoms with Crippen LogP contribution in [0, 0.1) is 5.82 Å². The molecule has 1 atom stereocenters. The molecule has 0 fully saturated rings. The van der Waals surface area contributed by atoms with E-state index >= 15 is 0 Å². The van der Waals surface area contributed by atoms with E-state index in [0.717, 1.165) is 22.5 Å². The van der Waals surface area contributed by atoms with E-state index in [4.69, 9.17) is 14.2 Å². The van der Waals surface area contributed by atoms with Gasteiger partial charge in [0.05, 0.1) is 0 Å². The number of rotatable bonds is 1. The Kier molecular flexibility index (Phi) is 5.25. The first-order valence-corrected chi connectivity index (χ1v) is 10.8. The molecule has 3 aliphatic heterocycles. The van der Waals surface area contributed by atoms with Gasteiger partial charge in [0.1, 0.15) is 0 Å². The molecule has 155 valence electrons. The number of hydrogen-bond acceptors (Lipinski definition) is 6. The van der Waals surface area contributed by atoms with Gasteiger partial charge in [-0.3, -0.25) is 0 Å². The first kappa shape index (κ1) is 21.0. The Hall–Kier alpha value is -2.20. The van der Waals surface area contributed by atoms with Crippen molar-refractivity contribution in [2.75, 3.05) is 19.8 Å². The third-order valence-electron chi connectivity index (χ3n) is 4.97. The van der Waals surface area contributed by atoms with Gasteiger partial charge in [-0.05, 0) is 0 Å². The molecule has 0 bridgehead atoms. The Bertz CT molecular complexity index is 1040. The molecule has 1 aromatic rings. The molecule has 30 heavy (non-hydrogen) atoms. The molecule has 0 saturated heterocycles. The van der Waals surface area contributed by atoms with Crippen LogP contribution in [0.1, 0.15) is 32.3 Å². The summed E-state index contributed by atoms with van der Waals surface area (Å²) in [5.74, 6) is -2.04. The SMILES string of the molecule is CC(C)(C)OC(=O)N1C2=C(C(=O)COC2)[C@H](c2ccc(F)[c]([Sn])c2)C2=C1COC2=O. The number of amides is 1. The average molecular weight is 519 g/mol. The second-order valence-corrected chi connectivity index (χ2v) is 9.74. The van der Waals surface area contributed by atoms with Crippen LogP contribution in [0.3, 0.4) is 0 Å². The number of hydrogen-bond donors (Lipinski definition) is 0. The Balaban J connectivity index is 1.92. The van der Waals surface area contributed by atoms with Gasteiger partial charge >= 0.3 is 186 Å². The van der Waals surface area contributed by atoms with Crippen molar-refractivity contribution in [1.82, 2.24) is 4.90 Å². The predicted octanol–water partition coefficient (Wildman–Crippen LogP) is 1.62. The summed E-state index contributed by atoms with van der Waals surface area (Å²) in [7, 11) is 0. The minimum atomic E-state index is -0.782. The summed E-state index contributed by atoms with van der Waals surface area (Å²) in [6, 6.07) is 4.52. The number of carbonyl (C=O) groups excluding carboxylic acids is 3. The van der Waals surface area contributed by atoms with Crippen LogP contribution in [0.4, 0.5) is 9.18 Å². The molecule has 0 saturated carbocycles. The van der Waals surface area contributed by atoms with Gasteiger partial charge < -0.3 is 0 Å². The normalized spacial score (nSPS) is 21.5. The summed E-state index contributed by atoms with van der Waals surface area (Å²) in [6.45, 7) is 4.90. The van der Waals surface area contributed by atoms with Gasteiger partial charge in [0.15, 0.2) is 0 Å². The molecule has 0 N–H and O–H groups in total. The van der Waals surface area contributed by atoms with E-state index in [2.05, 4.69) is 0 Å². The van der Waals surface area contributed by atoms with Crippen molar-refractivity contribution in [3.63, 3.8) is 0 Å². The van der Waals surface area contributed by atoms with Gasteiger partial charge in [0.25, 0.3) is 0 Å². The van der Waals surface area contributed by atoms with Crippen LogP contribution in [0.5, 0.6) is 0 Å². The van der Waals surface area contributed by atoms with Crippen LogP contribution in [0.2, 0.25) is 0 Å². The Morgan fingerprint density at radius 3 is 2.53 bits per heavy atom. The summed E-state index contributed by atoms with van der Waals surface area (Å²) < 4.78 is 30.5. The number of halogens is 1. The fourth-order valence-corrected chi connectivity index (χ4v) is 4.55. The number of ketones is 1. The number of carbonyl (C=O) groups is 3. The van der Waals surface area contributed by atoms with E-state index in [9.17, 15) is 18.8 Å². The van der Waals surface area contributed by atoms with Gasteiger partial charge in [-0.15, -0.1) is 0 Å². The van der Waals surface area contributed by atoms with E-state index in [-0.39, 0.29) is 42.6 Å². The monoisotopic (exact) mass is 520 g/mol. The summed E-state index contributed by atoms with van der Waals surface area (Å²) in [4.78, 5) is 39.8. The molecule has 1 amide bonds. The molecular formula is C21H19FNO6Sn. The average Bonchev–Trinajstić information content (AvgIpc) is 3.02. The van der Waals surface area contributed by atoms with Crippen molar-refractivity contribution in [1.29, 1.82) is 0 Å². The van der Waals surface area contributed by atoms with Gasteiger partial charge in [-0.25, -0.2) is 0 Å². The van der Waals surface area contributed by atoms with Crippen LogP contribution in [0.15, 0.2) is 40.7 Å². The van der Waals surface area contributed by atoms with Crippen molar-refractivity contribution in [2.24, 2.45) is 0 Å². The number of esters is 1. The topological polar surface area (TPSA) is 82.1 Å². The third-order valence-corrected chi connectivity index (χ3v) is 6.06. The fraction of sp³-hybridized carbons (Fsp3) is 0.381. The number of cyclic esters (lactones) is 1. The molecule has 3 heterocycles. The minimum absolute atomic E-state index is 0.00757. The Labute approximate surface area is 185 Å². The molecular weight excluding hydrogens is 500 g/mol. The van der Waals surface area contributed by atoms with E-state index in [1.807, 2.05) is 0 Å². The zero-order valence-electron chi connectivity index (χ0n) is 16.7. The molecule has 0 aromatic heterocycles. The first-order chi connectivity index (χ1) is 14.1. The van der Waals surface area contributed by atoms with E-state index in [0.29, 0.717) is 20.5 Å². The van der Waals surface area contributed by atoms with Gasteiger partial charge in [-0.1, -0.05) is 0 Å². The summed E-state index contributed by atoms with van der Waals surface area (Å²) in [5.41, 5.74) is 0.961. The fourth-order valence-electron chi connectivity index (χ4n) is 3.84. The van der Waals surface area contributed by atoms with Gasteiger partial charge in [0.2, 0.25) is 0 Å². The van der Waals surface area contributed by atoms with Crippen LogP contribution in [-0.2, 0) is 23.8 Å². The van der Waals surface area contributed by atoms with Crippen molar-refractivity contribution in [3.8, 4) is 0 Å². The van der Waals surface area contributed by atoms with Crippen molar-refractivity contribution in [2.45, 2.75) is 32.3 Å². The van der Waals surface area contributed by atoms with Crippen LogP contribution < -0.4 is 3.58 Å². The van der Waals surface area contributed by atoms with Crippen LogP contribution in [-0.4, -0.2) is 70.7 Å². The standard InChI is InChI=1S/C21H19FNO6.Sn/c1-21(2,3)29-20(26)23-13-8-27-10-15(24)17(13)16(11-4-6-12(22)7-5-11)18-14(23)9-28-19(18)25;/h4-6,16H,8-10H2,1-3H3;/t16-;/m0./s1. The predicted molar refractivity (Wildman–Crippen MR) is 103 cm³/mol. The van der Waals surface area contributed by atoms with Crippen LogP contribution in [0.25, 0.3) is 0 Å². The maximum atomic E-state index is 13.9. The Morgan fingerprint density at radius 1 is 1.17 bits per heavy atom. The third kappa shape index (κ3) is 3.56. The van der Waals surface area contributed by atoms with Crippen molar-refractivity contribution < 1.29 is 33.0 Å². The molecule has 0 unspecified atom stereocenters. The second-order valence-electron chi connectivity index (χ2n) is 8.20. The van der Waals surface area contributed by atoms with Gasteiger partial charge in [-0.2, -0.15) is 0 Å². The zero-order chi connectivity index (χ0) is 21.8. The molecule has 9 heteroatoms. The van der Waals surface area contributed by atoms with Crippen molar-refractivity contribution >= 4 is 44.0 Å². The van der Waals surface area contributed by atoms with E-state index in [1.165, 1.54) is 11.0 Å². The number of ether oxygens (including phenoxy) is 3. The summed E-state index contributed by atoms with van der Waals surface area (Å²) >= 11 is 0.868. The summed E-state index contributed by atoms with van der Waals surface area (Å²) in [5, 5.41) is 0. The number of nitrogens with zero attached hydrogens (tertiary/aromatic N) is 1. The van der Waals surface area contributed by atoms with Gasteiger partial charge in [0, 0.05) is 0 Å². The summed E-state index contributed by atoms with van der Waals surface area (Å²) in [6.07, 6.45) is -0.711. The molecule has 7 nitrogen and oxygen atoms in total. The molecule has 0 aliphatic carbocycles. The second kappa shape index (κ2) is 7.49. The molecule has 3 radical (unpaired) electrons. The molecule has 3 aliphatic rings. The molecule has 1 aromatic carbocycles. The van der Waals surface area contributed by atoms with Crippen LogP contribution >= 0.6 is 0 Å². The zero-order valence-corrected chi connectivity index (χ0v) is 19.6. The first-order valence-electron chi connectivity index (χ1n) is 9.37. The van der Waals surface area contributed by atoms with Crippen molar-refractivity contribution in [3.05, 3.63) is 52.1 Å². The van der Waals surface area contributed by atoms with E-state index in [1.54, 1.807) is 32.9 Å². The van der Waals surface area contributed by atoms with E-state index < -0.39 is 23.6 Å².